The monoisotopic (exact) mass is 525 g/mol. The summed E-state index contributed by atoms with van der Waals surface area (Å²) < 4.78 is 44.3. The maximum atomic E-state index is 12.5. The third-order valence-electron chi connectivity index (χ3n) is 3.96. The predicted molar refractivity (Wildman–Crippen MR) is 118 cm³/mol. The number of guanidine groups is 1. The van der Waals surface area contributed by atoms with E-state index in [0.29, 0.717) is 30.5 Å². The summed E-state index contributed by atoms with van der Waals surface area (Å²) in [5.74, 6) is 1.09. The van der Waals surface area contributed by atoms with Crippen LogP contribution in [0, 0.1) is 12.8 Å². The highest BCUT2D eigenvalue weighted by molar-refractivity contribution is 14.0. The fourth-order valence-electron chi connectivity index (χ4n) is 2.56. The number of benzene rings is 1. The Labute approximate surface area is 185 Å². The molecule has 0 radical (unpaired) electrons. The summed E-state index contributed by atoms with van der Waals surface area (Å²) in [5, 5.41) is 10.5. The second-order valence-electron chi connectivity index (χ2n) is 6.65. The van der Waals surface area contributed by atoms with Crippen LogP contribution < -0.4 is 15.4 Å². The van der Waals surface area contributed by atoms with Crippen molar-refractivity contribution < 1.29 is 17.9 Å². The zero-order chi connectivity index (χ0) is 20.6. The van der Waals surface area contributed by atoms with Crippen LogP contribution in [0.2, 0.25) is 0 Å². The van der Waals surface area contributed by atoms with Gasteiger partial charge in [-0.1, -0.05) is 19.1 Å². The Morgan fingerprint density at radius 2 is 2.07 bits per heavy atom. The maximum Gasteiger partial charge on any atom is 0.422 e. The van der Waals surface area contributed by atoms with Crippen LogP contribution in [0.5, 0.6) is 5.75 Å². The first kappa shape index (κ1) is 25.1. The molecule has 10 heteroatoms. The van der Waals surface area contributed by atoms with Gasteiger partial charge in [0.15, 0.2) is 12.6 Å². The summed E-state index contributed by atoms with van der Waals surface area (Å²) in [4.78, 5) is 4.16. The first-order valence-electron chi connectivity index (χ1n) is 8.98. The fourth-order valence-corrected chi connectivity index (χ4v) is 2.56. The van der Waals surface area contributed by atoms with E-state index in [4.69, 9.17) is 4.74 Å². The number of aryl methyl sites for hydroxylation is 1. The molecule has 1 unspecified atom stereocenters. The molecule has 0 aliphatic carbocycles. The smallest absolute Gasteiger partial charge is 0.422 e. The highest BCUT2D eigenvalue weighted by Crippen LogP contribution is 2.23. The van der Waals surface area contributed by atoms with E-state index in [9.17, 15) is 13.2 Å². The Kier molecular flexibility index (Phi) is 10.3. The Hall–Kier alpha value is -1.98. The molecule has 29 heavy (non-hydrogen) atoms. The van der Waals surface area contributed by atoms with Crippen LogP contribution in [-0.2, 0) is 13.1 Å². The molecule has 0 aliphatic heterocycles. The molecule has 1 aromatic carbocycles. The van der Waals surface area contributed by atoms with Crippen LogP contribution in [0.25, 0.3) is 0 Å². The molecule has 2 rings (SSSR count). The fraction of sp³-hybridized carbons (Fsp3) is 0.474. The first-order valence-corrected chi connectivity index (χ1v) is 8.98. The van der Waals surface area contributed by atoms with Crippen LogP contribution in [0.15, 0.2) is 41.7 Å². The van der Waals surface area contributed by atoms with Crippen molar-refractivity contribution in [3.63, 3.8) is 0 Å². The lowest BCUT2D eigenvalue weighted by Crippen LogP contribution is -2.39. The van der Waals surface area contributed by atoms with Crippen LogP contribution in [0.1, 0.15) is 18.1 Å². The first-order chi connectivity index (χ1) is 13.3. The number of nitrogens with zero attached hydrogens (tertiary/aromatic N) is 3. The Morgan fingerprint density at radius 1 is 1.31 bits per heavy atom. The van der Waals surface area contributed by atoms with E-state index in [1.165, 1.54) is 0 Å². The van der Waals surface area contributed by atoms with Gasteiger partial charge in [0.1, 0.15) is 5.75 Å². The van der Waals surface area contributed by atoms with E-state index in [1.54, 1.807) is 32.3 Å². The molecule has 0 saturated carbocycles. The topological polar surface area (TPSA) is 63.5 Å². The number of rotatable bonds is 8. The van der Waals surface area contributed by atoms with Crippen molar-refractivity contribution in [1.29, 1.82) is 0 Å². The lowest BCUT2D eigenvalue weighted by Gasteiger charge is -2.18. The largest absolute Gasteiger partial charge is 0.484 e. The van der Waals surface area contributed by atoms with Gasteiger partial charge >= 0.3 is 6.18 Å². The van der Waals surface area contributed by atoms with Gasteiger partial charge in [0, 0.05) is 44.6 Å². The maximum absolute atomic E-state index is 12.5. The van der Waals surface area contributed by atoms with E-state index >= 15 is 0 Å². The van der Waals surface area contributed by atoms with Gasteiger partial charge in [-0.2, -0.15) is 18.3 Å². The van der Waals surface area contributed by atoms with E-state index < -0.39 is 12.8 Å². The molecule has 6 nitrogen and oxygen atoms in total. The standard InChI is InChI=1S/C19H26F3N5O.HI/c1-14-5-6-16(17(9-14)28-13-19(20,21)22)11-25-18(23-3)24-10-15(2)12-27-8-4-7-26-27;/h4-9,15H,10-13H2,1-3H3,(H2,23,24,25);1H. The lowest BCUT2D eigenvalue weighted by atomic mass is 10.1. The van der Waals surface area contributed by atoms with Gasteiger partial charge in [0.05, 0.1) is 0 Å². The number of aromatic nitrogens is 2. The average Bonchev–Trinajstić information content (AvgIpc) is 3.13. The number of hydrogen-bond donors (Lipinski definition) is 2. The molecule has 2 N–H and O–H groups in total. The Balaban J connectivity index is 0.00000420. The van der Waals surface area contributed by atoms with Crippen molar-refractivity contribution in [1.82, 2.24) is 20.4 Å². The highest BCUT2D eigenvalue weighted by atomic mass is 127. The van der Waals surface area contributed by atoms with E-state index in [-0.39, 0.29) is 29.7 Å². The second kappa shape index (κ2) is 11.9. The summed E-state index contributed by atoms with van der Waals surface area (Å²) >= 11 is 0. The van der Waals surface area contributed by atoms with Crippen molar-refractivity contribution in [3.8, 4) is 5.75 Å². The van der Waals surface area contributed by atoms with E-state index in [0.717, 1.165) is 12.1 Å². The molecule has 0 saturated heterocycles. The van der Waals surface area contributed by atoms with Crippen molar-refractivity contribution in [2.75, 3.05) is 20.2 Å². The average molecular weight is 525 g/mol. The van der Waals surface area contributed by atoms with Gasteiger partial charge in [0.25, 0.3) is 0 Å². The van der Waals surface area contributed by atoms with Gasteiger partial charge < -0.3 is 15.4 Å². The van der Waals surface area contributed by atoms with E-state index in [2.05, 4.69) is 27.6 Å². The third kappa shape index (κ3) is 9.37. The minimum Gasteiger partial charge on any atom is -0.484 e. The molecule has 0 bridgehead atoms. The summed E-state index contributed by atoms with van der Waals surface area (Å²) in [5.41, 5.74) is 1.46. The molecular formula is C19H27F3IN5O. The Bertz CT molecular complexity index is 766. The molecule has 1 aromatic heterocycles. The minimum absolute atomic E-state index is 0. The summed E-state index contributed by atoms with van der Waals surface area (Å²) in [6.45, 7) is 4.31. The quantitative estimate of drug-likeness (QED) is 0.313. The molecule has 162 valence electrons. The molecule has 0 fully saturated rings. The summed E-state index contributed by atoms with van der Waals surface area (Å²) in [6.07, 6.45) is -0.735. The zero-order valence-electron chi connectivity index (χ0n) is 16.7. The normalized spacial score (nSPS) is 12.8. The number of aliphatic imine (C=N–C) groups is 1. The summed E-state index contributed by atoms with van der Waals surface area (Å²) in [7, 11) is 1.64. The van der Waals surface area contributed by atoms with Gasteiger partial charge in [-0.05, 0) is 30.5 Å². The van der Waals surface area contributed by atoms with Crippen LogP contribution >= 0.6 is 24.0 Å². The summed E-state index contributed by atoms with van der Waals surface area (Å²) in [6, 6.07) is 7.06. The third-order valence-corrected chi connectivity index (χ3v) is 3.96. The SMILES string of the molecule is CN=C(NCc1ccc(C)cc1OCC(F)(F)F)NCC(C)Cn1cccn1.I. The number of alkyl halides is 3. The van der Waals surface area contributed by atoms with Crippen molar-refractivity contribution >= 4 is 29.9 Å². The van der Waals surface area contributed by atoms with Gasteiger partial charge in [-0.25, -0.2) is 0 Å². The van der Waals surface area contributed by atoms with Crippen LogP contribution in [0.3, 0.4) is 0 Å². The lowest BCUT2D eigenvalue weighted by molar-refractivity contribution is -0.153. The predicted octanol–water partition coefficient (Wildman–Crippen LogP) is 3.75. The van der Waals surface area contributed by atoms with E-state index in [1.807, 2.05) is 23.0 Å². The van der Waals surface area contributed by atoms with Crippen LogP contribution in [0.4, 0.5) is 13.2 Å². The van der Waals surface area contributed by atoms with Gasteiger partial charge in [-0.15, -0.1) is 24.0 Å². The molecule has 2 aromatic rings. The molecule has 1 atom stereocenters. The minimum atomic E-state index is -4.38. The number of nitrogens with one attached hydrogen (secondary N) is 2. The number of ether oxygens (including phenoxy) is 1. The molecule has 0 spiro atoms. The molecule has 1 heterocycles. The van der Waals surface area contributed by atoms with Crippen molar-refractivity contribution in [3.05, 3.63) is 47.8 Å². The van der Waals surface area contributed by atoms with Crippen molar-refractivity contribution in [2.45, 2.75) is 33.1 Å². The number of hydrogen-bond acceptors (Lipinski definition) is 3. The zero-order valence-corrected chi connectivity index (χ0v) is 19.0. The van der Waals surface area contributed by atoms with Crippen molar-refractivity contribution in [2.24, 2.45) is 10.9 Å². The highest BCUT2D eigenvalue weighted by Gasteiger charge is 2.28. The van der Waals surface area contributed by atoms with Gasteiger partial charge in [-0.3, -0.25) is 9.67 Å². The molecule has 0 aliphatic rings. The second-order valence-corrected chi connectivity index (χ2v) is 6.65. The van der Waals surface area contributed by atoms with Gasteiger partial charge in [0.2, 0.25) is 0 Å². The van der Waals surface area contributed by atoms with Crippen LogP contribution in [-0.4, -0.2) is 42.1 Å². The molecule has 0 amide bonds. The molecular weight excluding hydrogens is 498 g/mol. The number of halogens is 4. The Morgan fingerprint density at radius 3 is 2.69 bits per heavy atom.